The molecule has 7 nitrogen and oxygen atoms in total. The summed E-state index contributed by atoms with van der Waals surface area (Å²) in [5.74, 6) is 1.32. The van der Waals surface area contributed by atoms with Crippen LogP contribution in [0.5, 0.6) is 5.75 Å². The smallest absolute Gasteiger partial charge is 0.356 e. The first-order valence-corrected chi connectivity index (χ1v) is 10.5. The molecule has 3 atom stereocenters. The van der Waals surface area contributed by atoms with Gasteiger partial charge in [-0.1, -0.05) is 13.8 Å². The Kier molecular flexibility index (Phi) is 6.79. The first-order valence-electron chi connectivity index (χ1n) is 10.5. The summed E-state index contributed by atoms with van der Waals surface area (Å²) in [6.45, 7) is 11.3. The molecule has 0 spiro atoms. The van der Waals surface area contributed by atoms with Crippen LogP contribution in [0.1, 0.15) is 44.6 Å². The van der Waals surface area contributed by atoms with Crippen LogP contribution < -0.4 is 15.0 Å². The molecule has 29 heavy (non-hydrogen) atoms. The lowest BCUT2D eigenvalue weighted by molar-refractivity contribution is -0.904. The van der Waals surface area contributed by atoms with Crippen molar-refractivity contribution >= 4 is 28.5 Å². The maximum Gasteiger partial charge on any atom is 0.356 e. The number of rotatable bonds is 7. The van der Waals surface area contributed by atoms with Crippen LogP contribution in [-0.4, -0.2) is 49.7 Å². The van der Waals surface area contributed by atoms with Gasteiger partial charge in [-0.05, 0) is 38.5 Å². The molecule has 1 aliphatic rings. The Hall–Kier alpha value is -2.54. The lowest BCUT2D eigenvalue weighted by Crippen LogP contribution is -3.15. The van der Waals surface area contributed by atoms with Gasteiger partial charge >= 0.3 is 5.97 Å². The van der Waals surface area contributed by atoms with Gasteiger partial charge < -0.3 is 24.7 Å². The second-order valence-corrected chi connectivity index (χ2v) is 8.07. The molecule has 1 aliphatic heterocycles. The van der Waals surface area contributed by atoms with Crippen molar-refractivity contribution in [3.63, 3.8) is 0 Å². The summed E-state index contributed by atoms with van der Waals surface area (Å²) in [6.07, 6.45) is 1.21. The Bertz CT molecular complexity index is 866. The van der Waals surface area contributed by atoms with Crippen LogP contribution >= 0.6 is 0 Å². The van der Waals surface area contributed by atoms with Gasteiger partial charge in [0.25, 0.3) is 5.91 Å². The predicted molar refractivity (Wildman–Crippen MR) is 113 cm³/mol. The van der Waals surface area contributed by atoms with Gasteiger partial charge in [-0.3, -0.25) is 4.79 Å². The normalized spacial score (nSPS) is 21.7. The molecule has 0 aliphatic carbocycles. The van der Waals surface area contributed by atoms with Crippen molar-refractivity contribution in [2.75, 3.05) is 38.2 Å². The third-order valence-electron chi connectivity index (χ3n) is 5.31. The first-order chi connectivity index (χ1) is 13.9. The summed E-state index contributed by atoms with van der Waals surface area (Å²) >= 11 is 0. The SMILES string of the molecule is CCOC(=O)c1[nH]c2ccc(OCC)cc2c1NC(=O)C[NH+]1C[C@H](C)C[C@H](C)C1. The van der Waals surface area contributed by atoms with E-state index in [9.17, 15) is 9.59 Å². The lowest BCUT2D eigenvalue weighted by Gasteiger charge is -2.31. The molecule has 1 aromatic heterocycles. The van der Waals surface area contributed by atoms with Gasteiger partial charge in [0.2, 0.25) is 0 Å². The van der Waals surface area contributed by atoms with Gasteiger partial charge in [0, 0.05) is 22.7 Å². The van der Waals surface area contributed by atoms with Crippen molar-refractivity contribution < 1.29 is 24.0 Å². The number of aromatic amines is 1. The maximum atomic E-state index is 12.8. The minimum atomic E-state index is -0.482. The summed E-state index contributed by atoms with van der Waals surface area (Å²) in [7, 11) is 0. The number of carbonyl (C=O) groups excluding carboxylic acids is 2. The molecule has 2 aromatic rings. The van der Waals surface area contributed by atoms with E-state index in [0.29, 0.717) is 36.4 Å². The molecule has 0 radical (unpaired) electrons. The molecule has 1 amide bonds. The number of hydrogen-bond acceptors (Lipinski definition) is 4. The summed E-state index contributed by atoms with van der Waals surface area (Å²) in [5, 5.41) is 3.71. The van der Waals surface area contributed by atoms with Crippen LogP contribution in [-0.2, 0) is 9.53 Å². The molecular formula is C22H32N3O4+. The van der Waals surface area contributed by atoms with Crippen LogP contribution in [0.2, 0.25) is 0 Å². The maximum absolute atomic E-state index is 12.8. The monoisotopic (exact) mass is 402 g/mol. The molecule has 1 fully saturated rings. The van der Waals surface area contributed by atoms with E-state index in [-0.39, 0.29) is 18.2 Å². The second kappa shape index (κ2) is 9.31. The van der Waals surface area contributed by atoms with Crippen LogP contribution in [0.3, 0.4) is 0 Å². The van der Waals surface area contributed by atoms with Crippen molar-refractivity contribution in [2.45, 2.75) is 34.1 Å². The Labute approximate surface area is 171 Å². The lowest BCUT2D eigenvalue weighted by atomic mass is 9.92. The molecule has 0 bridgehead atoms. The van der Waals surface area contributed by atoms with E-state index in [1.165, 1.54) is 11.3 Å². The molecule has 2 heterocycles. The topological polar surface area (TPSA) is 84.9 Å². The van der Waals surface area contributed by atoms with Crippen molar-refractivity contribution in [3.05, 3.63) is 23.9 Å². The number of ether oxygens (including phenoxy) is 2. The fraction of sp³-hybridized carbons (Fsp3) is 0.545. The van der Waals surface area contributed by atoms with E-state index in [2.05, 4.69) is 24.1 Å². The van der Waals surface area contributed by atoms with Crippen LogP contribution in [0.15, 0.2) is 18.2 Å². The van der Waals surface area contributed by atoms with Crippen LogP contribution in [0, 0.1) is 11.8 Å². The molecule has 1 aromatic carbocycles. The number of amides is 1. The number of quaternary nitrogens is 1. The van der Waals surface area contributed by atoms with Gasteiger partial charge in [-0.25, -0.2) is 4.79 Å². The van der Waals surface area contributed by atoms with E-state index < -0.39 is 5.97 Å². The largest absolute Gasteiger partial charge is 0.494 e. The van der Waals surface area contributed by atoms with E-state index in [1.807, 2.05) is 25.1 Å². The van der Waals surface area contributed by atoms with E-state index >= 15 is 0 Å². The molecule has 0 saturated carbocycles. The predicted octanol–water partition coefficient (Wildman–Crippen LogP) is 2.24. The van der Waals surface area contributed by atoms with E-state index in [1.54, 1.807) is 6.92 Å². The van der Waals surface area contributed by atoms with Crippen molar-refractivity contribution in [1.29, 1.82) is 0 Å². The third kappa shape index (κ3) is 5.09. The highest BCUT2D eigenvalue weighted by atomic mass is 16.5. The second-order valence-electron chi connectivity index (χ2n) is 8.07. The molecule has 3 N–H and O–H groups in total. The highest BCUT2D eigenvalue weighted by Gasteiger charge is 2.28. The van der Waals surface area contributed by atoms with Gasteiger partial charge in [0.1, 0.15) is 11.4 Å². The number of anilines is 1. The van der Waals surface area contributed by atoms with Crippen molar-refractivity contribution in [3.8, 4) is 5.75 Å². The van der Waals surface area contributed by atoms with Crippen LogP contribution in [0.25, 0.3) is 10.9 Å². The summed E-state index contributed by atoms with van der Waals surface area (Å²) in [4.78, 5) is 29.7. The van der Waals surface area contributed by atoms with Gasteiger partial charge in [-0.2, -0.15) is 0 Å². The quantitative estimate of drug-likeness (QED) is 0.620. The van der Waals surface area contributed by atoms with Crippen molar-refractivity contribution in [2.24, 2.45) is 11.8 Å². The average Bonchev–Trinajstić information content (AvgIpc) is 2.99. The third-order valence-corrected chi connectivity index (χ3v) is 5.31. The van der Waals surface area contributed by atoms with Crippen molar-refractivity contribution in [1.82, 2.24) is 4.98 Å². The zero-order valence-electron chi connectivity index (χ0n) is 17.8. The van der Waals surface area contributed by atoms with E-state index in [4.69, 9.17) is 9.47 Å². The summed E-state index contributed by atoms with van der Waals surface area (Å²) < 4.78 is 10.8. The number of benzene rings is 1. The molecule has 1 unspecified atom stereocenters. The summed E-state index contributed by atoms with van der Waals surface area (Å²) in [6, 6.07) is 5.52. The minimum Gasteiger partial charge on any atom is -0.494 e. The number of aromatic nitrogens is 1. The Morgan fingerprint density at radius 3 is 2.55 bits per heavy atom. The molecule has 7 heteroatoms. The number of nitrogens with one attached hydrogen (secondary N) is 3. The Morgan fingerprint density at radius 1 is 1.17 bits per heavy atom. The average molecular weight is 403 g/mol. The number of piperidine rings is 1. The number of carbonyl (C=O) groups is 2. The number of fused-ring (bicyclic) bond motifs is 1. The zero-order chi connectivity index (χ0) is 21.0. The zero-order valence-corrected chi connectivity index (χ0v) is 17.8. The van der Waals surface area contributed by atoms with Crippen LogP contribution in [0.4, 0.5) is 5.69 Å². The van der Waals surface area contributed by atoms with Gasteiger partial charge in [0.15, 0.2) is 6.54 Å². The molecule has 3 rings (SSSR count). The van der Waals surface area contributed by atoms with Gasteiger partial charge in [0.05, 0.1) is 32.0 Å². The highest BCUT2D eigenvalue weighted by molar-refractivity contribution is 6.11. The molecular weight excluding hydrogens is 370 g/mol. The summed E-state index contributed by atoms with van der Waals surface area (Å²) in [5.41, 5.74) is 1.47. The molecule has 158 valence electrons. The minimum absolute atomic E-state index is 0.102. The number of esters is 1. The van der Waals surface area contributed by atoms with E-state index in [0.717, 1.165) is 24.0 Å². The molecule has 1 saturated heterocycles. The fourth-order valence-electron chi connectivity index (χ4n) is 4.39. The standard InChI is InChI=1S/C22H31N3O4/c1-5-28-16-7-8-18-17(10-16)20(21(23-18)22(27)29-6-2)24-19(26)13-25-11-14(3)9-15(4)12-25/h7-8,10,14-15,23H,5-6,9,11-13H2,1-4H3,(H,24,26)/p+1/t14-,15+. The fourth-order valence-corrected chi connectivity index (χ4v) is 4.39. The first kappa shape index (κ1) is 21.2. The Balaban J connectivity index is 1.86. The number of hydrogen-bond donors (Lipinski definition) is 3. The number of likely N-dealkylation sites (tertiary alicyclic amines) is 1. The Morgan fingerprint density at radius 2 is 1.90 bits per heavy atom. The number of H-pyrrole nitrogens is 1. The highest BCUT2D eigenvalue weighted by Crippen LogP contribution is 2.31. The van der Waals surface area contributed by atoms with Gasteiger partial charge in [-0.15, -0.1) is 0 Å².